The summed E-state index contributed by atoms with van der Waals surface area (Å²) >= 11 is 0. The molecule has 0 aliphatic carbocycles. The Hall–Kier alpha value is -0.680. The molecule has 0 aromatic heterocycles. The van der Waals surface area contributed by atoms with E-state index < -0.39 is 0 Å². The fraction of sp³-hybridized carbons (Fsp3) is 1.00. The number of nitrogens with two attached hydrogens (primary N) is 2. The Labute approximate surface area is 105 Å². The van der Waals surface area contributed by atoms with Gasteiger partial charge in [0.1, 0.15) is 0 Å². The lowest BCUT2D eigenvalue weighted by molar-refractivity contribution is 0.543. The van der Waals surface area contributed by atoms with Crippen molar-refractivity contribution in [1.82, 2.24) is 5.43 Å². The van der Waals surface area contributed by atoms with E-state index in [4.69, 9.17) is 11.7 Å². The van der Waals surface area contributed by atoms with Gasteiger partial charge in [-0.05, 0) is 12.8 Å². The molecule has 5 heteroatoms. The van der Waals surface area contributed by atoms with Crippen molar-refractivity contribution in [3.63, 3.8) is 0 Å². The van der Waals surface area contributed by atoms with E-state index in [1.807, 2.05) is 0 Å². The highest BCUT2D eigenvalue weighted by atomic mass is 15.3. The van der Waals surface area contributed by atoms with Gasteiger partial charge in [0.15, 0.2) is 0 Å². The first-order chi connectivity index (χ1) is 8.41. The van der Waals surface area contributed by atoms with Gasteiger partial charge in [-0.3, -0.25) is 11.3 Å². The molecule has 0 aromatic rings. The van der Waals surface area contributed by atoms with Gasteiger partial charge in [-0.1, -0.05) is 56.6 Å². The molecule has 0 saturated heterocycles. The second kappa shape index (κ2) is 15.3. The van der Waals surface area contributed by atoms with Gasteiger partial charge in [0.05, 0.1) is 6.54 Å². The third-order valence-electron chi connectivity index (χ3n) is 2.91. The first-order valence-electron chi connectivity index (χ1n) is 6.92. The minimum absolute atomic E-state index is 0.783. The van der Waals surface area contributed by atoms with Gasteiger partial charge in [0.25, 0.3) is 0 Å². The molecule has 0 fully saturated rings. The molecule has 0 unspecified atom stereocenters. The summed E-state index contributed by atoms with van der Waals surface area (Å²) in [4.78, 5) is 0. The molecule has 5 nitrogen and oxygen atoms in total. The number of nitrogens with one attached hydrogen (secondary N) is 1. The van der Waals surface area contributed by atoms with Gasteiger partial charge >= 0.3 is 0 Å². The number of hydrogen-bond acceptors (Lipinski definition) is 4. The van der Waals surface area contributed by atoms with Crippen LogP contribution in [0.4, 0.5) is 0 Å². The van der Waals surface area contributed by atoms with Crippen LogP contribution in [-0.4, -0.2) is 13.1 Å². The fourth-order valence-corrected chi connectivity index (χ4v) is 1.88. The molecule has 0 amide bonds. The van der Waals surface area contributed by atoms with Crippen LogP contribution in [0.3, 0.4) is 0 Å². The zero-order chi connectivity index (χ0) is 12.6. The van der Waals surface area contributed by atoms with Crippen LogP contribution in [-0.2, 0) is 0 Å². The maximum absolute atomic E-state index is 5.20. The molecule has 0 rings (SSSR count). The van der Waals surface area contributed by atoms with Crippen LogP contribution in [0.25, 0.3) is 0 Å². The van der Waals surface area contributed by atoms with E-state index in [1.165, 1.54) is 57.8 Å². The fourth-order valence-electron chi connectivity index (χ4n) is 1.88. The Bertz CT molecular complexity index is 161. The maximum Gasteiger partial charge on any atom is 0.0620 e. The average molecular weight is 243 g/mol. The maximum atomic E-state index is 5.20. The normalized spacial score (nSPS) is 11.4. The lowest BCUT2D eigenvalue weighted by Crippen LogP contribution is -2.22. The number of hydrazine groups is 1. The van der Waals surface area contributed by atoms with E-state index in [2.05, 4.69) is 15.8 Å². The van der Waals surface area contributed by atoms with Crippen LogP contribution < -0.4 is 17.1 Å². The molecule has 0 aromatic carbocycles. The standard InChI is InChI=1S/C12H29N5/c13-15-11-9-7-5-3-1-2-4-6-8-10-12-16-17-14/h15H,1-13H2,(H2,14,16). The van der Waals surface area contributed by atoms with Crippen molar-refractivity contribution in [3.8, 4) is 0 Å². The molecule has 0 aliphatic heterocycles. The average Bonchev–Trinajstić information content (AvgIpc) is 2.35. The SMILES string of the molecule is NN=NCCCCCCCCCCCCNN. The van der Waals surface area contributed by atoms with E-state index in [0.717, 1.165) is 19.5 Å². The van der Waals surface area contributed by atoms with Crippen LogP contribution in [0.5, 0.6) is 0 Å². The first-order valence-corrected chi connectivity index (χ1v) is 6.92. The minimum atomic E-state index is 0.783. The lowest BCUT2D eigenvalue weighted by Gasteiger charge is -2.02. The number of rotatable bonds is 13. The van der Waals surface area contributed by atoms with Crippen molar-refractivity contribution in [1.29, 1.82) is 0 Å². The van der Waals surface area contributed by atoms with Crippen LogP contribution in [0.1, 0.15) is 64.2 Å². The predicted molar refractivity (Wildman–Crippen MR) is 72.3 cm³/mol. The van der Waals surface area contributed by atoms with Crippen molar-refractivity contribution >= 4 is 0 Å². The Morgan fingerprint density at radius 1 is 0.706 bits per heavy atom. The minimum Gasteiger partial charge on any atom is -0.305 e. The van der Waals surface area contributed by atoms with Crippen molar-refractivity contribution in [2.24, 2.45) is 22.0 Å². The summed E-state index contributed by atoms with van der Waals surface area (Å²) in [5.41, 5.74) is 2.69. The zero-order valence-electron chi connectivity index (χ0n) is 11.0. The molecular weight excluding hydrogens is 214 g/mol. The van der Waals surface area contributed by atoms with Gasteiger partial charge in [-0.2, -0.15) is 5.11 Å². The second-order valence-electron chi connectivity index (χ2n) is 4.47. The topological polar surface area (TPSA) is 88.8 Å². The molecule has 5 N–H and O–H groups in total. The van der Waals surface area contributed by atoms with Crippen molar-refractivity contribution in [2.45, 2.75) is 64.2 Å². The Balaban J connectivity index is 2.89. The largest absolute Gasteiger partial charge is 0.305 e. The second-order valence-corrected chi connectivity index (χ2v) is 4.47. The Kier molecular flexibility index (Phi) is 14.7. The third kappa shape index (κ3) is 15.3. The van der Waals surface area contributed by atoms with Gasteiger partial charge in [0.2, 0.25) is 0 Å². The molecule has 0 aliphatic rings. The molecule has 0 spiro atoms. The molecule has 0 heterocycles. The van der Waals surface area contributed by atoms with E-state index in [9.17, 15) is 0 Å². The number of hydrogen-bond donors (Lipinski definition) is 3. The van der Waals surface area contributed by atoms with Crippen LogP contribution >= 0.6 is 0 Å². The summed E-state index contributed by atoms with van der Waals surface area (Å²) < 4.78 is 0. The van der Waals surface area contributed by atoms with Crippen molar-refractivity contribution < 1.29 is 0 Å². The number of unbranched alkanes of at least 4 members (excludes halogenated alkanes) is 9. The number of nitrogens with zero attached hydrogens (tertiary/aromatic N) is 2. The molecular formula is C12H29N5. The van der Waals surface area contributed by atoms with E-state index in [0.29, 0.717) is 0 Å². The van der Waals surface area contributed by atoms with Crippen molar-refractivity contribution in [2.75, 3.05) is 13.1 Å². The van der Waals surface area contributed by atoms with Gasteiger partial charge in [-0.15, -0.1) is 0 Å². The van der Waals surface area contributed by atoms with E-state index in [1.54, 1.807) is 0 Å². The third-order valence-corrected chi connectivity index (χ3v) is 2.91. The zero-order valence-corrected chi connectivity index (χ0v) is 11.0. The van der Waals surface area contributed by atoms with Gasteiger partial charge in [-0.25, -0.2) is 0 Å². The highest BCUT2D eigenvalue weighted by Crippen LogP contribution is 2.10. The van der Waals surface area contributed by atoms with E-state index >= 15 is 0 Å². The molecule has 102 valence electrons. The van der Waals surface area contributed by atoms with Gasteiger partial charge < -0.3 is 5.84 Å². The Morgan fingerprint density at radius 2 is 1.18 bits per heavy atom. The van der Waals surface area contributed by atoms with E-state index in [-0.39, 0.29) is 0 Å². The highest BCUT2D eigenvalue weighted by molar-refractivity contribution is 4.49. The molecule has 0 bridgehead atoms. The summed E-state index contributed by atoms with van der Waals surface area (Å²) in [6.07, 6.45) is 13.0. The molecule has 0 radical (unpaired) electrons. The summed E-state index contributed by atoms with van der Waals surface area (Å²) in [7, 11) is 0. The smallest absolute Gasteiger partial charge is 0.0620 e. The monoisotopic (exact) mass is 243 g/mol. The van der Waals surface area contributed by atoms with Crippen LogP contribution in [0.2, 0.25) is 0 Å². The summed E-state index contributed by atoms with van der Waals surface area (Å²) in [5.74, 6) is 10.1. The van der Waals surface area contributed by atoms with Gasteiger partial charge in [0, 0.05) is 6.54 Å². The van der Waals surface area contributed by atoms with Crippen LogP contribution in [0, 0.1) is 0 Å². The quantitative estimate of drug-likeness (QED) is 0.201. The Morgan fingerprint density at radius 3 is 1.65 bits per heavy atom. The summed E-state index contributed by atoms with van der Waals surface area (Å²) in [5, 5.41) is 6.98. The summed E-state index contributed by atoms with van der Waals surface area (Å²) in [6, 6.07) is 0. The summed E-state index contributed by atoms with van der Waals surface area (Å²) in [6.45, 7) is 1.73. The molecule has 17 heavy (non-hydrogen) atoms. The van der Waals surface area contributed by atoms with Crippen LogP contribution in [0.15, 0.2) is 10.3 Å². The molecule has 0 atom stereocenters. The first kappa shape index (κ1) is 16.3. The highest BCUT2D eigenvalue weighted by Gasteiger charge is 1.92. The van der Waals surface area contributed by atoms with Crippen molar-refractivity contribution in [3.05, 3.63) is 0 Å². The molecule has 0 saturated carbocycles. The predicted octanol–water partition coefficient (Wildman–Crippen LogP) is 2.68. The lowest BCUT2D eigenvalue weighted by atomic mass is 10.1.